The standard InChI is InChI=1S/C13H13N3/c1-11(12-7-9-14-10-8-12)15-16-13-5-3-2-4-6-13/h2-10,16H,1H3/b15-11+. The predicted octanol–water partition coefficient (Wildman–Crippen LogP) is 2.92. The van der Waals surface area contributed by atoms with Gasteiger partial charge in [0.2, 0.25) is 0 Å². The monoisotopic (exact) mass is 211 g/mol. The summed E-state index contributed by atoms with van der Waals surface area (Å²) in [5, 5.41) is 4.30. The van der Waals surface area contributed by atoms with Crippen molar-refractivity contribution in [1.29, 1.82) is 0 Å². The first-order chi connectivity index (χ1) is 7.86. The Balaban J connectivity index is 2.09. The minimum absolute atomic E-state index is 0.936. The summed E-state index contributed by atoms with van der Waals surface area (Å²) in [5.41, 5.74) is 6.00. The molecule has 0 aliphatic heterocycles. The Kier molecular flexibility index (Phi) is 3.28. The van der Waals surface area contributed by atoms with Gasteiger partial charge in [0.05, 0.1) is 11.4 Å². The number of nitrogens with one attached hydrogen (secondary N) is 1. The number of hydrazone groups is 1. The highest BCUT2D eigenvalue weighted by molar-refractivity contribution is 5.98. The maximum Gasteiger partial charge on any atom is 0.0649 e. The van der Waals surface area contributed by atoms with Gasteiger partial charge in [-0.1, -0.05) is 18.2 Å². The zero-order chi connectivity index (χ0) is 11.2. The lowest BCUT2D eigenvalue weighted by atomic mass is 10.2. The summed E-state index contributed by atoms with van der Waals surface area (Å²) >= 11 is 0. The summed E-state index contributed by atoms with van der Waals surface area (Å²) in [6, 6.07) is 13.7. The van der Waals surface area contributed by atoms with Gasteiger partial charge in [-0.05, 0) is 31.2 Å². The van der Waals surface area contributed by atoms with Crippen molar-refractivity contribution in [3.8, 4) is 0 Å². The number of pyridine rings is 1. The first kappa shape index (κ1) is 10.4. The van der Waals surface area contributed by atoms with Gasteiger partial charge in [0.25, 0.3) is 0 Å². The third-order valence-electron chi connectivity index (χ3n) is 2.22. The van der Waals surface area contributed by atoms with Crippen LogP contribution < -0.4 is 5.43 Å². The molecule has 0 saturated heterocycles. The van der Waals surface area contributed by atoms with Crippen molar-refractivity contribution >= 4 is 11.4 Å². The van der Waals surface area contributed by atoms with Crippen LogP contribution in [0.1, 0.15) is 12.5 Å². The van der Waals surface area contributed by atoms with E-state index in [-0.39, 0.29) is 0 Å². The van der Waals surface area contributed by atoms with E-state index in [0.29, 0.717) is 0 Å². The largest absolute Gasteiger partial charge is 0.278 e. The van der Waals surface area contributed by atoms with Crippen LogP contribution in [0.5, 0.6) is 0 Å². The van der Waals surface area contributed by atoms with E-state index in [0.717, 1.165) is 17.0 Å². The number of anilines is 1. The molecule has 0 unspecified atom stereocenters. The molecule has 0 radical (unpaired) electrons. The number of aromatic nitrogens is 1. The van der Waals surface area contributed by atoms with Crippen molar-refractivity contribution in [3.05, 3.63) is 60.4 Å². The second kappa shape index (κ2) is 5.07. The fourth-order valence-corrected chi connectivity index (χ4v) is 1.32. The molecule has 16 heavy (non-hydrogen) atoms. The van der Waals surface area contributed by atoms with Crippen molar-refractivity contribution < 1.29 is 0 Å². The van der Waals surface area contributed by atoms with Gasteiger partial charge < -0.3 is 0 Å². The smallest absolute Gasteiger partial charge is 0.0649 e. The molecule has 0 aliphatic rings. The first-order valence-corrected chi connectivity index (χ1v) is 5.12. The topological polar surface area (TPSA) is 37.3 Å². The summed E-state index contributed by atoms with van der Waals surface area (Å²) in [4.78, 5) is 3.97. The quantitative estimate of drug-likeness (QED) is 0.626. The molecule has 1 aromatic heterocycles. The summed E-state index contributed by atoms with van der Waals surface area (Å²) < 4.78 is 0. The molecule has 1 aromatic carbocycles. The van der Waals surface area contributed by atoms with E-state index in [1.54, 1.807) is 12.4 Å². The van der Waals surface area contributed by atoms with Crippen molar-refractivity contribution in [2.24, 2.45) is 5.10 Å². The van der Waals surface area contributed by atoms with E-state index in [1.807, 2.05) is 49.4 Å². The summed E-state index contributed by atoms with van der Waals surface area (Å²) in [6.45, 7) is 1.96. The molecular formula is C13H13N3. The highest BCUT2D eigenvalue weighted by Gasteiger charge is 1.95. The Morgan fingerprint density at radius 1 is 1.06 bits per heavy atom. The number of hydrogen-bond donors (Lipinski definition) is 1. The Morgan fingerprint density at radius 3 is 2.44 bits per heavy atom. The lowest BCUT2D eigenvalue weighted by Gasteiger charge is -2.02. The fourth-order valence-electron chi connectivity index (χ4n) is 1.32. The van der Waals surface area contributed by atoms with Gasteiger partial charge in [-0.25, -0.2) is 0 Å². The average Bonchev–Trinajstić information content (AvgIpc) is 2.38. The zero-order valence-corrected chi connectivity index (χ0v) is 9.09. The number of para-hydroxylation sites is 1. The highest BCUT2D eigenvalue weighted by Crippen LogP contribution is 2.06. The SMILES string of the molecule is C/C(=N\Nc1ccccc1)c1ccncc1. The van der Waals surface area contributed by atoms with Gasteiger partial charge in [-0.3, -0.25) is 10.4 Å². The molecule has 0 amide bonds. The number of rotatable bonds is 3. The van der Waals surface area contributed by atoms with E-state index < -0.39 is 0 Å². The molecule has 0 spiro atoms. The van der Waals surface area contributed by atoms with E-state index in [9.17, 15) is 0 Å². The van der Waals surface area contributed by atoms with Crippen LogP contribution in [0.25, 0.3) is 0 Å². The van der Waals surface area contributed by atoms with Crippen LogP contribution >= 0.6 is 0 Å². The Hall–Kier alpha value is -2.16. The molecule has 0 fully saturated rings. The lowest BCUT2D eigenvalue weighted by Crippen LogP contribution is -1.99. The molecule has 2 aromatic rings. The van der Waals surface area contributed by atoms with Crippen molar-refractivity contribution in [3.63, 3.8) is 0 Å². The van der Waals surface area contributed by atoms with Crippen LogP contribution in [0.3, 0.4) is 0 Å². The molecule has 1 heterocycles. The Morgan fingerprint density at radius 2 is 1.75 bits per heavy atom. The Labute approximate surface area is 94.9 Å². The van der Waals surface area contributed by atoms with Gasteiger partial charge in [-0.15, -0.1) is 0 Å². The third-order valence-corrected chi connectivity index (χ3v) is 2.22. The summed E-state index contributed by atoms with van der Waals surface area (Å²) in [6.07, 6.45) is 3.52. The molecule has 3 heteroatoms. The van der Waals surface area contributed by atoms with Crippen LogP contribution in [0.4, 0.5) is 5.69 Å². The average molecular weight is 211 g/mol. The molecule has 0 aliphatic carbocycles. The van der Waals surface area contributed by atoms with E-state index in [2.05, 4.69) is 15.5 Å². The maximum atomic E-state index is 4.30. The minimum Gasteiger partial charge on any atom is -0.278 e. The molecule has 1 N–H and O–H groups in total. The van der Waals surface area contributed by atoms with E-state index in [1.165, 1.54) is 0 Å². The predicted molar refractivity (Wildman–Crippen MR) is 66.5 cm³/mol. The molecule has 0 bridgehead atoms. The van der Waals surface area contributed by atoms with Crippen molar-refractivity contribution in [1.82, 2.24) is 4.98 Å². The van der Waals surface area contributed by atoms with Crippen LogP contribution in [0, 0.1) is 0 Å². The minimum atomic E-state index is 0.936. The van der Waals surface area contributed by atoms with Crippen molar-refractivity contribution in [2.45, 2.75) is 6.92 Å². The number of nitrogens with zero attached hydrogens (tertiary/aromatic N) is 2. The fraction of sp³-hybridized carbons (Fsp3) is 0.0769. The van der Waals surface area contributed by atoms with Gasteiger partial charge in [-0.2, -0.15) is 5.10 Å². The zero-order valence-electron chi connectivity index (χ0n) is 9.09. The lowest BCUT2D eigenvalue weighted by molar-refractivity contribution is 1.29. The Bertz CT molecular complexity index is 463. The third kappa shape index (κ3) is 2.67. The summed E-state index contributed by atoms with van der Waals surface area (Å²) in [5.74, 6) is 0. The van der Waals surface area contributed by atoms with E-state index in [4.69, 9.17) is 0 Å². The molecule has 2 rings (SSSR count). The second-order valence-electron chi connectivity index (χ2n) is 3.41. The van der Waals surface area contributed by atoms with Crippen LogP contribution in [-0.4, -0.2) is 10.7 Å². The first-order valence-electron chi connectivity index (χ1n) is 5.12. The van der Waals surface area contributed by atoms with Gasteiger partial charge in [0.1, 0.15) is 0 Å². The molecule has 0 saturated carbocycles. The second-order valence-corrected chi connectivity index (χ2v) is 3.41. The van der Waals surface area contributed by atoms with Gasteiger partial charge in [0.15, 0.2) is 0 Å². The van der Waals surface area contributed by atoms with Crippen LogP contribution in [0.2, 0.25) is 0 Å². The molecular weight excluding hydrogens is 198 g/mol. The summed E-state index contributed by atoms with van der Waals surface area (Å²) in [7, 11) is 0. The molecule has 80 valence electrons. The van der Waals surface area contributed by atoms with Gasteiger partial charge in [0, 0.05) is 18.0 Å². The van der Waals surface area contributed by atoms with Crippen LogP contribution in [0.15, 0.2) is 60.0 Å². The number of hydrogen-bond acceptors (Lipinski definition) is 3. The maximum absolute atomic E-state index is 4.30. The molecule has 0 atom stereocenters. The van der Waals surface area contributed by atoms with E-state index >= 15 is 0 Å². The van der Waals surface area contributed by atoms with Crippen LogP contribution in [-0.2, 0) is 0 Å². The van der Waals surface area contributed by atoms with Crippen molar-refractivity contribution in [2.75, 3.05) is 5.43 Å². The normalized spacial score (nSPS) is 11.2. The number of benzene rings is 1. The van der Waals surface area contributed by atoms with Gasteiger partial charge >= 0.3 is 0 Å². The molecule has 3 nitrogen and oxygen atoms in total. The highest BCUT2D eigenvalue weighted by atomic mass is 15.3.